The van der Waals surface area contributed by atoms with Gasteiger partial charge in [-0.1, -0.05) is 364 Å². The SMILES string of the molecule is O[C@H]1[C@H](O[C@@H]2[C@H](O[C@@H]3[C@@H](O[C@H]4[C@@H](OCc5ccccc5)[C@H](OCc5ccccc5)[C@@H](COCc5ccccc5)O[C@@H]4O)O[C@H](COCc4ccccc4)[C@@H](OCc4ccccc4)[C@@H]3OCc3ccccc3)O[C@H](COCc3ccccc3)[C@@H](OCc3ccccc3)[C@@H]2OCc2ccccc2)O[C@H](COCc2ccccc2)[C@@H](OCc2ccccc2)[C@@H]1OCc1ccccc1. The zero-order valence-corrected chi connectivity index (χ0v) is 72.2. The summed E-state index contributed by atoms with van der Waals surface area (Å²) in [7, 11) is 0. The topological polar surface area (TPSA) is 216 Å². The highest BCUT2D eigenvalue weighted by Gasteiger charge is 2.59. The maximum absolute atomic E-state index is 13.8. The van der Waals surface area contributed by atoms with Crippen LogP contribution < -0.4 is 0 Å². The summed E-state index contributed by atoms with van der Waals surface area (Å²) < 4.78 is 139. The lowest BCUT2D eigenvalue weighted by atomic mass is 9.94. The largest absolute Gasteiger partial charge is 0.385 e. The van der Waals surface area contributed by atoms with E-state index in [9.17, 15) is 10.2 Å². The monoisotopic (exact) mass is 1750 g/mol. The van der Waals surface area contributed by atoms with Crippen molar-refractivity contribution in [1.82, 2.24) is 0 Å². The Balaban J connectivity index is 0.857. The molecule has 0 spiro atoms. The fourth-order valence-electron chi connectivity index (χ4n) is 16.5. The minimum Gasteiger partial charge on any atom is -0.385 e. The summed E-state index contributed by atoms with van der Waals surface area (Å²) in [5.74, 6) is 0. The summed E-state index contributed by atoms with van der Waals surface area (Å²) in [5.41, 5.74) is 10.4. The van der Waals surface area contributed by atoms with Gasteiger partial charge in [-0.2, -0.15) is 0 Å². The van der Waals surface area contributed by atoms with Gasteiger partial charge in [0.15, 0.2) is 25.2 Å². The average molecular weight is 1750 g/mol. The second-order valence-electron chi connectivity index (χ2n) is 32.6. The molecule has 21 heteroatoms. The van der Waals surface area contributed by atoms with Gasteiger partial charge in [-0.05, 0) is 66.8 Å². The minimum atomic E-state index is -1.78. The minimum absolute atomic E-state index is 0.00000305. The van der Waals surface area contributed by atoms with E-state index in [4.69, 9.17) is 90.0 Å². The number of rotatable bonds is 46. The molecule has 0 aliphatic carbocycles. The Morgan fingerprint density at radius 1 is 0.171 bits per heavy atom. The third-order valence-electron chi connectivity index (χ3n) is 23.1. The first kappa shape index (κ1) is 92.1. The van der Waals surface area contributed by atoms with Crippen LogP contribution in [0.15, 0.2) is 364 Å². The van der Waals surface area contributed by atoms with Gasteiger partial charge in [-0.15, -0.1) is 0 Å². The summed E-state index contributed by atoms with van der Waals surface area (Å²) in [6, 6.07) is 118. The molecule has 12 aromatic rings. The van der Waals surface area contributed by atoms with Crippen molar-refractivity contribution < 1.29 is 100 Å². The summed E-state index contributed by atoms with van der Waals surface area (Å²) >= 11 is 0. The van der Waals surface area contributed by atoms with Gasteiger partial charge in [0.25, 0.3) is 0 Å². The number of aliphatic hydroxyl groups excluding tert-OH is 2. The molecule has 4 aliphatic heterocycles. The molecule has 2 N–H and O–H groups in total. The summed E-state index contributed by atoms with van der Waals surface area (Å²) in [4.78, 5) is 0. The van der Waals surface area contributed by atoms with Crippen molar-refractivity contribution >= 4 is 0 Å². The van der Waals surface area contributed by atoms with Crippen molar-refractivity contribution in [2.75, 3.05) is 26.4 Å². The third kappa shape index (κ3) is 27.0. The van der Waals surface area contributed by atoms with Crippen LogP contribution in [-0.2, 0) is 169 Å². The predicted octanol–water partition coefficient (Wildman–Crippen LogP) is 16.9. The van der Waals surface area contributed by atoms with Crippen LogP contribution in [0.1, 0.15) is 66.8 Å². The molecule has 0 radical (unpaired) electrons. The highest BCUT2D eigenvalue weighted by Crippen LogP contribution is 2.42. The van der Waals surface area contributed by atoms with Crippen LogP contribution in [0, 0.1) is 0 Å². The fourth-order valence-corrected chi connectivity index (χ4v) is 16.5. The van der Waals surface area contributed by atoms with Crippen molar-refractivity contribution in [2.45, 2.75) is 202 Å². The lowest BCUT2D eigenvalue weighted by Gasteiger charge is -2.52. The molecule has 0 unspecified atom stereocenters. The highest BCUT2D eigenvalue weighted by atomic mass is 16.8. The van der Waals surface area contributed by atoms with Crippen LogP contribution in [-0.4, -0.2) is 159 Å². The lowest BCUT2D eigenvalue weighted by Crippen LogP contribution is -2.69. The van der Waals surface area contributed by atoms with Crippen LogP contribution in [0.3, 0.4) is 0 Å². The molecular formula is C108H114O21. The van der Waals surface area contributed by atoms with Crippen LogP contribution in [0.2, 0.25) is 0 Å². The van der Waals surface area contributed by atoms with Crippen molar-refractivity contribution in [3.63, 3.8) is 0 Å². The smallest absolute Gasteiger partial charge is 0.187 e. The average Bonchev–Trinajstić information content (AvgIpc) is 0.758. The van der Waals surface area contributed by atoms with E-state index < -0.39 is 123 Å². The normalized spacial score (nSPS) is 25.8. The molecule has 4 heterocycles. The molecule has 672 valence electrons. The zero-order chi connectivity index (χ0) is 87.7. The molecule has 0 bridgehead atoms. The molecule has 4 saturated heterocycles. The van der Waals surface area contributed by atoms with Gasteiger partial charge in [-0.3, -0.25) is 0 Å². The van der Waals surface area contributed by atoms with E-state index >= 15 is 0 Å². The van der Waals surface area contributed by atoms with Gasteiger partial charge in [-0.25, -0.2) is 0 Å². The molecule has 16 rings (SSSR count). The first-order valence-electron chi connectivity index (χ1n) is 44.5. The number of hydrogen-bond acceptors (Lipinski definition) is 21. The number of hydrogen-bond donors (Lipinski definition) is 2. The van der Waals surface area contributed by atoms with Crippen molar-refractivity contribution in [3.05, 3.63) is 431 Å². The molecular weight excluding hydrogens is 1630 g/mol. The lowest BCUT2D eigenvalue weighted by molar-refractivity contribution is -0.415. The summed E-state index contributed by atoms with van der Waals surface area (Å²) in [5, 5.41) is 27.2. The molecule has 129 heavy (non-hydrogen) atoms. The molecule has 0 aromatic heterocycles. The van der Waals surface area contributed by atoms with Crippen LogP contribution in [0.5, 0.6) is 0 Å². The van der Waals surface area contributed by atoms with E-state index in [2.05, 4.69) is 0 Å². The Kier molecular flexibility index (Phi) is 35.1. The van der Waals surface area contributed by atoms with Crippen molar-refractivity contribution in [3.8, 4) is 0 Å². The summed E-state index contributed by atoms with van der Waals surface area (Å²) in [6.45, 7) is 0.934. The Labute approximate surface area is 755 Å². The number of aliphatic hydroxyl groups is 2. The van der Waals surface area contributed by atoms with E-state index in [1.807, 2.05) is 364 Å². The Morgan fingerprint density at radius 3 is 0.581 bits per heavy atom. The van der Waals surface area contributed by atoms with E-state index in [1.165, 1.54) is 0 Å². The van der Waals surface area contributed by atoms with Gasteiger partial charge >= 0.3 is 0 Å². The van der Waals surface area contributed by atoms with Crippen LogP contribution in [0.4, 0.5) is 0 Å². The van der Waals surface area contributed by atoms with Crippen LogP contribution in [0.25, 0.3) is 0 Å². The molecule has 0 saturated carbocycles. The standard InChI is InChI=1S/C108H114O21/c109-93-98(119-69-85-53-29-9-30-54-85)94(115-65-81-45-21-5-22-46-81)90(74-112-62-78-39-15-2-16-40-78)124-106(93)128-103-100(121-71-87-57-33-11-34-58-87)96(117-67-83-49-25-7-26-50-83)92(76-114-64-80-43-19-4-20-44-80)126-108(103)129-104-101(122-72-88-59-35-12-36-60-88)97(118-68-84-51-27-8-28-52-84)91(75-113-63-79-41-17-3-18-42-79)125-107(104)127-102-99(120-70-86-55-31-10-32-56-86)95(116-66-82-47-23-6-24-48-82)89(123-105(102)110)73-111-61-77-37-13-1-14-38-77/h1-60,89-110H,61-76H2/t89-,90-,91-,92-,93-,94-,95-,96-,97-,98-,99+,100+,101+,102+,103+,104+,105+,106+,107-,108+/m1/s1. The highest BCUT2D eigenvalue weighted by molar-refractivity contribution is 5.23. The van der Waals surface area contributed by atoms with E-state index in [0.717, 1.165) is 66.8 Å². The van der Waals surface area contributed by atoms with E-state index in [0.29, 0.717) is 0 Å². The van der Waals surface area contributed by atoms with Gasteiger partial charge in [0.05, 0.1) is 106 Å². The maximum Gasteiger partial charge on any atom is 0.187 e. The molecule has 4 fully saturated rings. The van der Waals surface area contributed by atoms with Gasteiger partial charge in [0.2, 0.25) is 0 Å². The van der Waals surface area contributed by atoms with Gasteiger partial charge < -0.3 is 100 Å². The quantitative estimate of drug-likeness (QED) is 0.0363. The first-order chi connectivity index (χ1) is 63.8. The van der Waals surface area contributed by atoms with Crippen LogP contribution >= 0.6 is 0 Å². The van der Waals surface area contributed by atoms with Crippen molar-refractivity contribution in [2.24, 2.45) is 0 Å². The molecule has 21 nitrogen and oxygen atoms in total. The Bertz CT molecular complexity index is 5070. The second kappa shape index (κ2) is 49.2. The molecule has 12 aromatic carbocycles. The Hall–Kier alpha value is -10.2. The predicted molar refractivity (Wildman–Crippen MR) is 482 cm³/mol. The van der Waals surface area contributed by atoms with E-state index in [1.54, 1.807) is 0 Å². The number of ether oxygens (including phenoxy) is 19. The fraction of sp³-hybridized carbons (Fsp3) is 0.333. The van der Waals surface area contributed by atoms with E-state index in [-0.39, 0.29) is 106 Å². The van der Waals surface area contributed by atoms with Gasteiger partial charge in [0, 0.05) is 0 Å². The second-order valence-corrected chi connectivity index (χ2v) is 32.6. The first-order valence-corrected chi connectivity index (χ1v) is 44.5. The molecule has 20 atom stereocenters. The maximum atomic E-state index is 13.8. The number of benzene rings is 12. The van der Waals surface area contributed by atoms with Crippen molar-refractivity contribution in [1.29, 1.82) is 0 Å². The molecule has 0 amide bonds. The molecule has 4 aliphatic rings. The Morgan fingerprint density at radius 2 is 0.341 bits per heavy atom. The summed E-state index contributed by atoms with van der Waals surface area (Å²) in [6.07, 6.45) is -25.9. The zero-order valence-electron chi connectivity index (χ0n) is 72.2. The third-order valence-corrected chi connectivity index (χ3v) is 23.1. The van der Waals surface area contributed by atoms with Gasteiger partial charge in [0.1, 0.15) is 97.7 Å².